The van der Waals surface area contributed by atoms with E-state index in [9.17, 15) is 73.8 Å². The second-order valence-corrected chi connectivity index (χ2v) is 41.8. The molecular formula is C94H126F7N16NaO21S8. The number of nitrogens with zero attached hydrogens (tertiary/aromatic N) is 12. The van der Waals surface area contributed by atoms with Crippen LogP contribution in [0.25, 0.3) is 26.4 Å². The molecule has 8 aliphatic rings. The van der Waals surface area contributed by atoms with Crippen molar-refractivity contribution in [2.45, 2.75) is 215 Å². The topological polar surface area (TPSA) is 476 Å². The number of carbonyl (C=O) groups excluding carboxylic acids is 8. The van der Waals surface area contributed by atoms with Crippen molar-refractivity contribution in [2.24, 2.45) is 10.8 Å². The maximum absolute atomic E-state index is 15.1. The Hall–Kier alpha value is -9.19. The number of alkyl carbamates (subject to hydrolysis) is 2. The molecule has 0 bridgehead atoms. The third-order valence-electron chi connectivity index (χ3n) is 22.8. The molecule has 8 heterocycles. The number of azide groups is 1. The third kappa shape index (κ3) is 43.6. The van der Waals surface area contributed by atoms with Crippen molar-refractivity contribution in [3.63, 3.8) is 0 Å². The monoisotopic (exact) mass is 2230 g/mol. The van der Waals surface area contributed by atoms with Crippen molar-refractivity contribution in [3.8, 4) is 0 Å². The Kier molecular flexibility index (Phi) is 52.5. The van der Waals surface area contributed by atoms with Gasteiger partial charge in [0.15, 0.2) is 33.8 Å². The molecule has 37 nitrogen and oxygen atoms in total. The second-order valence-electron chi connectivity index (χ2n) is 36.7. The average Bonchev–Trinajstić information content (AvgIpc) is 1.58. The predicted molar refractivity (Wildman–Crippen MR) is 553 cm³/mol. The molecule has 53 heteroatoms. The summed E-state index contributed by atoms with van der Waals surface area (Å²) in [6.45, 7) is 13.5. The molecule has 14 atom stereocenters. The smallest absolute Gasteiger partial charge is 0.445 e. The molecule has 147 heavy (non-hydrogen) atoms. The minimum atomic E-state index is -3.83. The molecule has 806 valence electrons. The molecule has 6 aromatic rings. The first-order valence-electron chi connectivity index (χ1n) is 45.6. The van der Waals surface area contributed by atoms with Crippen molar-refractivity contribution >= 4 is 147 Å². The van der Waals surface area contributed by atoms with E-state index in [0.717, 1.165) is 46.1 Å². The summed E-state index contributed by atoms with van der Waals surface area (Å²) in [5.41, 5.74) is 17.5. The van der Waals surface area contributed by atoms with Gasteiger partial charge >= 0.3 is 78.3 Å². The van der Waals surface area contributed by atoms with Gasteiger partial charge in [-0.1, -0.05) is 187 Å². The van der Waals surface area contributed by atoms with E-state index in [0.29, 0.717) is 39.2 Å². The Balaban J connectivity index is 0.000000301. The van der Waals surface area contributed by atoms with Gasteiger partial charge in [-0.2, -0.15) is 58.9 Å². The number of aliphatic hydroxyl groups excluding tert-OH is 1. The number of ether oxygens (including phenoxy) is 9. The molecule has 8 fully saturated rings. The SMILES string of the molecule is CC(C)(C)OC(=O)NC(S)C1(F)CCN(C(=O)OCc2ccccc2)C1.CC(C)(C)OC(=O)NC(S)C1(F)CCNC1.CS(=O)(=O)OC(S)C1(F)CCN(C(=O)OCc2ccccc2)C1.F.NC(S)C1(F)CCN(C(=O)OCc2ccccc2)C1.O=C(OCc1ccccc1)N1CCC(F)(C(O)S)C1.O=C(OCc1ccccc1)N1CCC2(C1)OC2S.[N-]=[N+]=NC(S)C1(F)CCN(C(=O)OCc2ccccc2)C1.[N-]=[N+]=[N-].[Na+]. The molecule has 0 aliphatic carbocycles. The number of hydrogen-bond acceptors (Lipinski definition) is 31. The summed E-state index contributed by atoms with van der Waals surface area (Å²) in [6.07, 6.45) is -2.26. The van der Waals surface area contributed by atoms with Crippen LogP contribution < -0.4 is 51.2 Å². The van der Waals surface area contributed by atoms with Crippen LogP contribution in [0.4, 0.5) is 69.4 Å². The van der Waals surface area contributed by atoms with Gasteiger partial charge in [0.2, 0.25) is 0 Å². The Morgan fingerprint density at radius 2 is 0.714 bits per heavy atom. The second kappa shape index (κ2) is 60.2. The molecule has 0 aromatic heterocycles. The van der Waals surface area contributed by atoms with Crippen LogP contribution in [0, 0.1) is 0 Å². The summed E-state index contributed by atoms with van der Waals surface area (Å²) in [4.78, 5) is 107. The molecule has 1 spiro atoms. The van der Waals surface area contributed by atoms with Gasteiger partial charge in [-0.05, 0) is 99.8 Å². The van der Waals surface area contributed by atoms with Gasteiger partial charge < -0.3 is 110 Å². The van der Waals surface area contributed by atoms with E-state index in [4.69, 9.17) is 65.0 Å². The number of alkyl halides is 6. The van der Waals surface area contributed by atoms with Gasteiger partial charge in [0.05, 0.1) is 50.9 Å². The molecule has 8 amide bonds. The number of nitrogens with one attached hydrogen (secondary N) is 3. The van der Waals surface area contributed by atoms with Crippen LogP contribution in [0.1, 0.15) is 120 Å². The van der Waals surface area contributed by atoms with E-state index in [-0.39, 0.29) is 182 Å². The number of benzene rings is 6. The summed E-state index contributed by atoms with van der Waals surface area (Å²) in [5, 5.41) is 16.2. The van der Waals surface area contributed by atoms with E-state index in [1.165, 1.54) is 29.4 Å². The number of likely N-dealkylation sites (tertiary alicyclic amines) is 6. The Bertz CT molecular complexity index is 5250. The van der Waals surface area contributed by atoms with E-state index >= 15 is 4.39 Å². The quantitative estimate of drug-likeness (QED) is 0.00271. The first-order valence-corrected chi connectivity index (χ1v) is 51.0. The number of carbonyl (C=O) groups is 8. The Morgan fingerprint density at radius 1 is 0.456 bits per heavy atom. The number of hydrogen-bond donors (Lipinski definition) is 12. The van der Waals surface area contributed by atoms with Gasteiger partial charge in [0.1, 0.15) is 89.1 Å². The zero-order valence-electron chi connectivity index (χ0n) is 82.2. The van der Waals surface area contributed by atoms with E-state index in [1.54, 1.807) is 58.6 Å². The molecule has 6 aromatic carbocycles. The number of halogens is 7. The molecule has 6 N–H and O–H groups in total. The Morgan fingerprint density at radius 3 is 0.973 bits per heavy atom. The van der Waals surface area contributed by atoms with Crippen LogP contribution in [0.15, 0.2) is 187 Å². The van der Waals surface area contributed by atoms with Gasteiger partial charge in [-0.25, -0.2) is 64.7 Å². The van der Waals surface area contributed by atoms with Crippen LogP contribution in [-0.4, -0.2) is 278 Å². The van der Waals surface area contributed by atoms with Crippen molar-refractivity contribution in [1.29, 1.82) is 0 Å². The number of thiol groups is 7. The largest absolute Gasteiger partial charge is 1.00 e. The molecule has 8 saturated heterocycles. The van der Waals surface area contributed by atoms with Crippen LogP contribution in [0.3, 0.4) is 0 Å². The molecule has 0 radical (unpaired) electrons. The van der Waals surface area contributed by atoms with E-state index in [1.807, 2.05) is 170 Å². The molecule has 0 saturated carbocycles. The van der Waals surface area contributed by atoms with Gasteiger partial charge in [-0.15, -0.1) is 37.9 Å². The summed E-state index contributed by atoms with van der Waals surface area (Å²) in [7, 11) is -3.83. The predicted octanol–water partition coefficient (Wildman–Crippen LogP) is 14.3. The van der Waals surface area contributed by atoms with Crippen molar-refractivity contribution in [3.05, 3.63) is 242 Å². The summed E-state index contributed by atoms with van der Waals surface area (Å²) in [6, 6.07) is 55.8. The fourth-order valence-electron chi connectivity index (χ4n) is 14.6. The maximum Gasteiger partial charge on any atom is 1.00 e. The van der Waals surface area contributed by atoms with E-state index < -0.39 is 130 Å². The molecular weight excluding hydrogens is 2100 g/mol. The average molecular weight is 2230 g/mol. The van der Waals surface area contributed by atoms with Gasteiger partial charge in [0.25, 0.3) is 10.1 Å². The minimum absolute atomic E-state index is 0. The zero-order valence-corrected chi connectivity index (χ0v) is 91.3. The minimum Gasteiger partial charge on any atom is -0.445 e. The normalized spacial score (nSPS) is 23.5. The zero-order chi connectivity index (χ0) is 107. The summed E-state index contributed by atoms with van der Waals surface area (Å²) >= 11 is 27.9. The van der Waals surface area contributed by atoms with E-state index in [2.05, 4.69) is 119 Å². The third-order valence-corrected chi connectivity index (χ3v) is 27.3. The van der Waals surface area contributed by atoms with Crippen molar-refractivity contribution < 1.29 is 159 Å². The number of amides is 8. The standard InChI is InChI=1S/C18H25FN2O4S.C14H18FNO5S2.C13H15FN4O2S.C13H17FN2O2S.C13H16FNO3S.C13H15NO3S.C10H19FN2O2S.FH.N3.Na/c1-17(2,3)25-15(22)20-14(26)18(19)9-10-21(12-18)16(23)24-11-13-7-5-4-6-8-13;1-23(18,19)21-12(22)14(15)7-8-16(10-14)13(17)20-9-11-5-3-2-4-6-11;14-13(11(21)16-17-15)6-7-18(9-13)12(19)20-8-10-4-2-1-3-5-10;14-13(11(15)19)6-7-16(9-13)12(17)18-8-10-4-2-1-3-5-10;14-13(11(16)19)6-7-15(9-13)12(17)18-8-10-4-2-1-3-5-10;15-12(16-8-10-4-2-1-3-5-10)14-7-6-13(9-14)11(18)17-13;1-9(2,3)15-8(14)13-7(16)10(11)4-5-12-6-10;;1-3-2;/h4-8,14,26H,9-12H2,1-3H3,(H,20,22);2-6,12,22H,7-10H2,1H3;1-5,11,21H,6-9H2;1-5,11,19H,6-9,15H2;1-5,11,16,19H,6-9H2;1-5,11,18H,6-9H2;7,12,16H,4-6H2,1-3H3,(H,13,14);1H;;/q;;;;;;;;-1;+1. The fourth-order valence-corrected chi connectivity index (χ4v) is 17.5. The van der Waals surface area contributed by atoms with Crippen LogP contribution in [-0.2, 0) is 96.6 Å². The van der Waals surface area contributed by atoms with Crippen molar-refractivity contribution in [2.75, 3.05) is 97.9 Å². The van der Waals surface area contributed by atoms with Crippen LogP contribution in [0.2, 0.25) is 0 Å². The molecule has 14 rings (SSSR count). The first kappa shape index (κ1) is 128. The number of nitrogens with two attached hydrogens (primary N) is 1. The Labute approximate surface area is 910 Å². The van der Waals surface area contributed by atoms with Crippen molar-refractivity contribution in [1.82, 2.24) is 45.3 Å². The van der Waals surface area contributed by atoms with Gasteiger partial charge in [-0.3, -0.25) is 13.8 Å². The summed E-state index contributed by atoms with van der Waals surface area (Å²) < 4.78 is 160. The maximum atomic E-state index is 15.1. The molecule has 14 unspecified atom stereocenters. The van der Waals surface area contributed by atoms with Gasteiger partial charge in [0, 0.05) is 82.8 Å². The first-order chi connectivity index (χ1) is 68.2. The fraction of sp³-hybridized carbons (Fsp3) is 0.532. The number of rotatable bonds is 23. The number of aliphatic hydroxyl groups is 1. The van der Waals surface area contributed by atoms with Crippen LogP contribution >= 0.6 is 88.4 Å². The molecule has 8 aliphatic heterocycles. The number of epoxide rings is 1. The summed E-state index contributed by atoms with van der Waals surface area (Å²) in [5.74, 6) is 0. The van der Waals surface area contributed by atoms with Crippen LogP contribution in [0.5, 0.6) is 0 Å².